The number of hydrogen-bond acceptors (Lipinski definition) is 3. The molecule has 0 aliphatic heterocycles. The molecule has 1 N–H and O–H groups in total. The van der Waals surface area contributed by atoms with Crippen molar-refractivity contribution >= 4 is 11.6 Å². The van der Waals surface area contributed by atoms with Gasteiger partial charge in [0.05, 0.1) is 16.3 Å². The van der Waals surface area contributed by atoms with Crippen LogP contribution in [0.1, 0.15) is 24.1 Å². The zero-order chi connectivity index (χ0) is 15.0. The number of halogens is 2. The monoisotopic (exact) mass is 309 g/mol. The maximum absolute atomic E-state index is 13.1. The Balaban J connectivity index is 1.86. The second-order valence-corrected chi connectivity index (χ2v) is 5.73. The van der Waals surface area contributed by atoms with Crippen LogP contribution in [-0.2, 0) is 13.6 Å². The lowest BCUT2D eigenvalue weighted by atomic mass is 10.2. The first-order valence-corrected chi connectivity index (χ1v) is 7.31. The molecule has 0 radical (unpaired) electrons. The fourth-order valence-electron chi connectivity index (χ4n) is 2.21. The molecule has 1 aliphatic rings. The first-order valence-electron chi connectivity index (χ1n) is 6.93. The van der Waals surface area contributed by atoms with Gasteiger partial charge in [-0.25, -0.2) is 9.07 Å². The minimum atomic E-state index is -0.385. The number of hydrogen-bond donors (Lipinski definition) is 1. The first-order chi connectivity index (χ1) is 10.0. The summed E-state index contributed by atoms with van der Waals surface area (Å²) >= 11 is 6.02. The molecule has 112 valence electrons. The lowest BCUT2D eigenvalue weighted by Gasteiger charge is -2.10. The molecule has 0 saturated heterocycles. The summed E-state index contributed by atoms with van der Waals surface area (Å²) in [5.74, 6) is 0.673. The predicted molar refractivity (Wildman–Crippen MR) is 79.3 cm³/mol. The fourth-order valence-corrected chi connectivity index (χ4v) is 2.41. The van der Waals surface area contributed by atoms with E-state index < -0.39 is 0 Å². The molecular weight excluding hydrogens is 293 g/mol. The Morgan fingerprint density at radius 1 is 1.48 bits per heavy atom. The van der Waals surface area contributed by atoms with Gasteiger partial charge in [-0.2, -0.15) is 5.10 Å². The van der Waals surface area contributed by atoms with Crippen LogP contribution in [0.3, 0.4) is 0 Å². The molecule has 1 aliphatic carbocycles. The maximum atomic E-state index is 13.1. The van der Waals surface area contributed by atoms with Gasteiger partial charge in [0.25, 0.3) is 0 Å². The molecule has 4 nitrogen and oxygen atoms in total. The van der Waals surface area contributed by atoms with E-state index >= 15 is 0 Å². The molecule has 21 heavy (non-hydrogen) atoms. The zero-order valence-electron chi connectivity index (χ0n) is 12.0. The number of nitrogens with zero attached hydrogens (tertiary/aromatic N) is 2. The van der Waals surface area contributed by atoms with Gasteiger partial charge in [-0.1, -0.05) is 11.6 Å². The molecule has 0 unspecified atom stereocenters. The van der Waals surface area contributed by atoms with Crippen molar-refractivity contribution in [2.24, 2.45) is 7.05 Å². The lowest BCUT2D eigenvalue weighted by Crippen LogP contribution is -2.16. The van der Waals surface area contributed by atoms with Gasteiger partial charge < -0.3 is 10.1 Å². The molecule has 0 atom stereocenters. The second kappa shape index (κ2) is 5.66. The van der Waals surface area contributed by atoms with Crippen LogP contribution < -0.4 is 10.1 Å². The van der Waals surface area contributed by atoms with Crippen molar-refractivity contribution < 1.29 is 9.13 Å². The number of benzene rings is 1. The Hall–Kier alpha value is -1.59. The maximum Gasteiger partial charge on any atom is 0.222 e. The van der Waals surface area contributed by atoms with Gasteiger partial charge in [-0.05, 0) is 38.0 Å². The van der Waals surface area contributed by atoms with Crippen LogP contribution in [0, 0.1) is 12.7 Å². The Morgan fingerprint density at radius 3 is 2.90 bits per heavy atom. The summed E-state index contributed by atoms with van der Waals surface area (Å²) in [5.41, 5.74) is 1.92. The van der Waals surface area contributed by atoms with E-state index in [0.29, 0.717) is 24.2 Å². The Morgan fingerprint density at radius 2 is 2.24 bits per heavy atom. The standard InChI is InChI=1S/C15H17ClFN3O/c1-9-12(8-18-11-4-5-11)15(20(2)19-9)21-14-6-3-10(17)7-13(14)16/h3,6-7,11,18H,4-5,8H2,1-2H3. The summed E-state index contributed by atoms with van der Waals surface area (Å²) in [6.45, 7) is 2.65. The van der Waals surface area contributed by atoms with Crippen molar-refractivity contribution in [3.05, 3.63) is 40.3 Å². The van der Waals surface area contributed by atoms with Crippen molar-refractivity contribution in [1.82, 2.24) is 15.1 Å². The summed E-state index contributed by atoms with van der Waals surface area (Å²) in [7, 11) is 1.82. The fraction of sp³-hybridized carbons (Fsp3) is 0.400. The van der Waals surface area contributed by atoms with E-state index in [0.717, 1.165) is 11.3 Å². The van der Waals surface area contributed by atoms with Crippen LogP contribution in [0.4, 0.5) is 4.39 Å². The average molecular weight is 310 g/mol. The van der Waals surface area contributed by atoms with Crippen LogP contribution in [0.15, 0.2) is 18.2 Å². The van der Waals surface area contributed by atoms with E-state index in [9.17, 15) is 4.39 Å². The highest BCUT2D eigenvalue weighted by Gasteiger charge is 2.23. The third-order valence-corrected chi connectivity index (χ3v) is 3.83. The Bertz CT molecular complexity index is 667. The molecule has 0 bridgehead atoms. The van der Waals surface area contributed by atoms with Gasteiger partial charge in [-0.3, -0.25) is 0 Å². The van der Waals surface area contributed by atoms with Crippen molar-refractivity contribution in [3.63, 3.8) is 0 Å². The van der Waals surface area contributed by atoms with Crippen LogP contribution >= 0.6 is 11.6 Å². The van der Waals surface area contributed by atoms with E-state index in [1.165, 1.54) is 31.0 Å². The minimum absolute atomic E-state index is 0.245. The summed E-state index contributed by atoms with van der Waals surface area (Å²) in [5, 5.41) is 8.08. The molecule has 1 aromatic heterocycles. The molecule has 1 saturated carbocycles. The molecular formula is C15H17ClFN3O. The van der Waals surface area contributed by atoms with Gasteiger partial charge >= 0.3 is 0 Å². The van der Waals surface area contributed by atoms with E-state index in [1.54, 1.807) is 4.68 Å². The van der Waals surface area contributed by atoms with Gasteiger partial charge in [0.2, 0.25) is 5.88 Å². The SMILES string of the molecule is Cc1nn(C)c(Oc2ccc(F)cc2Cl)c1CNC1CC1. The minimum Gasteiger partial charge on any atom is -0.437 e. The molecule has 1 fully saturated rings. The quantitative estimate of drug-likeness (QED) is 0.918. The second-order valence-electron chi connectivity index (χ2n) is 5.32. The van der Waals surface area contributed by atoms with Crippen molar-refractivity contribution in [2.45, 2.75) is 32.4 Å². The molecule has 2 aromatic rings. The molecule has 6 heteroatoms. The summed E-state index contributed by atoms with van der Waals surface area (Å²) in [6, 6.07) is 4.69. The largest absolute Gasteiger partial charge is 0.437 e. The van der Waals surface area contributed by atoms with Crippen LogP contribution in [0.2, 0.25) is 5.02 Å². The smallest absolute Gasteiger partial charge is 0.222 e. The highest BCUT2D eigenvalue weighted by Crippen LogP contribution is 2.33. The predicted octanol–water partition coefficient (Wildman–Crippen LogP) is 3.57. The summed E-state index contributed by atoms with van der Waals surface area (Å²) in [4.78, 5) is 0. The van der Waals surface area contributed by atoms with Crippen LogP contribution in [-0.4, -0.2) is 15.8 Å². The molecule has 0 amide bonds. The topological polar surface area (TPSA) is 39.1 Å². The zero-order valence-corrected chi connectivity index (χ0v) is 12.7. The van der Waals surface area contributed by atoms with Crippen LogP contribution in [0.25, 0.3) is 0 Å². The highest BCUT2D eigenvalue weighted by molar-refractivity contribution is 6.32. The van der Waals surface area contributed by atoms with Gasteiger partial charge in [-0.15, -0.1) is 0 Å². The first kappa shape index (κ1) is 14.4. The summed E-state index contributed by atoms with van der Waals surface area (Å²) < 4.78 is 20.6. The van der Waals surface area contributed by atoms with E-state index in [2.05, 4.69) is 10.4 Å². The van der Waals surface area contributed by atoms with E-state index in [1.807, 2.05) is 14.0 Å². The van der Waals surface area contributed by atoms with Gasteiger partial charge in [0, 0.05) is 19.6 Å². The van der Waals surface area contributed by atoms with Crippen LogP contribution in [0.5, 0.6) is 11.6 Å². The lowest BCUT2D eigenvalue weighted by molar-refractivity contribution is 0.423. The van der Waals surface area contributed by atoms with Gasteiger partial charge in [0.15, 0.2) is 0 Å². The number of aromatic nitrogens is 2. The molecule has 0 spiro atoms. The number of nitrogens with one attached hydrogen (secondary N) is 1. The average Bonchev–Trinajstić information content (AvgIpc) is 3.19. The van der Waals surface area contributed by atoms with E-state index in [4.69, 9.17) is 16.3 Å². The van der Waals surface area contributed by atoms with Gasteiger partial charge in [0.1, 0.15) is 11.6 Å². The number of ether oxygens (including phenoxy) is 1. The molecule has 1 aromatic carbocycles. The number of rotatable bonds is 5. The summed E-state index contributed by atoms with van der Waals surface area (Å²) in [6.07, 6.45) is 2.44. The Kier molecular flexibility index (Phi) is 3.87. The normalized spacial score (nSPS) is 14.5. The molecule has 3 rings (SSSR count). The van der Waals surface area contributed by atoms with Crippen molar-refractivity contribution in [1.29, 1.82) is 0 Å². The highest BCUT2D eigenvalue weighted by atomic mass is 35.5. The molecule has 1 heterocycles. The van der Waals surface area contributed by atoms with Crippen molar-refractivity contribution in [3.8, 4) is 11.6 Å². The van der Waals surface area contributed by atoms with E-state index in [-0.39, 0.29) is 10.8 Å². The number of aryl methyl sites for hydroxylation is 2. The third-order valence-electron chi connectivity index (χ3n) is 3.53. The third kappa shape index (κ3) is 3.19. The van der Waals surface area contributed by atoms with Crippen molar-refractivity contribution in [2.75, 3.05) is 0 Å². The Labute approximate surface area is 127 Å².